The number of ether oxygens (including phenoxy) is 1. The van der Waals surface area contributed by atoms with Crippen molar-refractivity contribution in [3.63, 3.8) is 0 Å². The van der Waals surface area contributed by atoms with Crippen molar-refractivity contribution in [2.75, 3.05) is 13.1 Å². The first-order chi connectivity index (χ1) is 14.7. The molecule has 1 saturated heterocycles. The number of piperidine rings is 1. The van der Waals surface area contributed by atoms with Gasteiger partial charge in [-0.15, -0.1) is 11.3 Å². The van der Waals surface area contributed by atoms with E-state index in [-0.39, 0.29) is 18.0 Å². The number of aryl methyl sites for hydroxylation is 1. The van der Waals surface area contributed by atoms with Crippen molar-refractivity contribution in [3.05, 3.63) is 57.8 Å². The lowest BCUT2D eigenvalue weighted by Crippen LogP contribution is -2.42. The zero-order valence-electron chi connectivity index (χ0n) is 19.0. The highest BCUT2D eigenvalue weighted by atomic mass is 32.1. The number of thiophene rings is 1. The van der Waals surface area contributed by atoms with E-state index in [2.05, 4.69) is 24.4 Å². The van der Waals surface area contributed by atoms with Gasteiger partial charge in [0.05, 0.1) is 10.9 Å². The maximum atomic E-state index is 12.9. The van der Waals surface area contributed by atoms with Crippen LogP contribution in [0.3, 0.4) is 0 Å². The van der Waals surface area contributed by atoms with Crippen molar-refractivity contribution < 1.29 is 14.3 Å². The zero-order chi connectivity index (χ0) is 22.4. The molecule has 31 heavy (non-hydrogen) atoms. The van der Waals surface area contributed by atoms with Crippen LogP contribution in [0.15, 0.2) is 42.5 Å². The van der Waals surface area contributed by atoms with Gasteiger partial charge >= 0.3 is 6.09 Å². The minimum atomic E-state index is -0.476. The summed E-state index contributed by atoms with van der Waals surface area (Å²) in [5, 5.41) is 3.27. The van der Waals surface area contributed by atoms with Crippen molar-refractivity contribution >= 4 is 23.3 Å². The Morgan fingerprint density at radius 3 is 2.39 bits per heavy atom. The monoisotopic (exact) mass is 442 g/mol. The van der Waals surface area contributed by atoms with Crippen LogP contribution in [-0.4, -0.2) is 35.6 Å². The van der Waals surface area contributed by atoms with Gasteiger partial charge in [0.2, 0.25) is 0 Å². The quantitative estimate of drug-likeness (QED) is 0.613. The van der Waals surface area contributed by atoms with Crippen molar-refractivity contribution in [1.29, 1.82) is 0 Å². The van der Waals surface area contributed by atoms with Crippen molar-refractivity contribution in [1.82, 2.24) is 10.2 Å². The van der Waals surface area contributed by atoms with Gasteiger partial charge in [0, 0.05) is 18.0 Å². The van der Waals surface area contributed by atoms with Crippen LogP contribution in [0.1, 0.15) is 73.1 Å². The summed E-state index contributed by atoms with van der Waals surface area (Å²) >= 11 is 1.56. The van der Waals surface area contributed by atoms with Gasteiger partial charge in [-0.25, -0.2) is 4.79 Å². The summed E-state index contributed by atoms with van der Waals surface area (Å²) in [6.07, 6.45) is 3.40. The molecule has 5 nitrogen and oxygen atoms in total. The lowest BCUT2D eigenvalue weighted by molar-refractivity contribution is 0.0178. The summed E-state index contributed by atoms with van der Waals surface area (Å²) in [6.45, 7) is 9.16. The Morgan fingerprint density at radius 2 is 1.81 bits per heavy atom. The number of hydrogen-bond donors (Lipinski definition) is 1. The molecule has 0 aliphatic carbocycles. The molecule has 0 saturated carbocycles. The third kappa shape index (κ3) is 6.82. The molecule has 1 aliphatic heterocycles. The van der Waals surface area contributed by atoms with E-state index in [0.717, 1.165) is 36.1 Å². The Bertz CT molecular complexity index is 864. The molecule has 0 spiro atoms. The van der Waals surface area contributed by atoms with Crippen LogP contribution in [0.25, 0.3) is 0 Å². The fourth-order valence-electron chi connectivity index (χ4n) is 3.89. The highest BCUT2D eigenvalue weighted by Gasteiger charge is 2.29. The third-order valence-electron chi connectivity index (χ3n) is 5.58. The number of rotatable bonds is 6. The van der Waals surface area contributed by atoms with E-state index >= 15 is 0 Å². The van der Waals surface area contributed by atoms with Gasteiger partial charge in [-0.2, -0.15) is 0 Å². The molecule has 1 fully saturated rings. The summed E-state index contributed by atoms with van der Waals surface area (Å²) < 4.78 is 5.51. The van der Waals surface area contributed by atoms with E-state index in [1.54, 1.807) is 16.2 Å². The molecule has 1 atom stereocenters. The Hall–Kier alpha value is -2.34. The number of benzene rings is 1. The van der Waals surface area contributed by atoms with Crippen LogP contribution < -0.4 is 5.32 Å². The molecule has 1 aromatic carbocycles. The molecule has 2 amide bonds. The van der Waals surface area contributed by atoms with Gasteiger partial charge in [0.1, 0.15) is 5.60 Å². The molecule has 3 rings (SSSR count). The van der Waals surface area contributed by atoms with E-state index in [1.807, 2.05) is 51.1 Å². The summed E-state index contributed by atoms with van der Waals surface area (Å²) in [6, 6.07) is 14.1. The summed E-state index contributed by atoms with van der Waals surface area (Å²) in [4.78, 5) is 29.0. The van der Waals surface area contributed by atoms with Crippen LogP contribution in [0, 0.1) is 5.92 Å². The minimum absolute atomic E-state index is 0.00950. The van der Waals surface area contributed by atoms with Gasteiger partial charge in [-0.05, 0) is 70.1 Å². The van der Waals surface area contributed by atoms with Crippen molar-refractivity contribution in [2.45, 2.75) is 65.0 Å². The first-order valence-corrected chi connectivity index (χ1v) is 12.0. The van der Waals surface area contributed by atoms with Gasteiger partial charge in [-0.3, -0.25) is 4.79 Å². The molecule has 1 N–H and O–H groups in total. The van der Waals surface area contributed by atoms with Crippen LogP contribution in [0.2, 0.25) is 0 Å². The molecule has 6 heteroatoms. The highest BCUT2D eigenvalue weighted by molar-refractivity contribution is 7.14. The molecule has 0 radical (unpaired) electrons. The molecule has 1 aromatic heterocycles. The summed E-state index contributed by atoms with van der Waals surface area (Å²) in [5.74, 6) is 0.434. The average molecular weight is 443 g/mol. The summed E-state index contributed by atoms with van der Waals surface area (Å²) in [7, 11) is 0. The molecule has 168 valence electrons. The molecule has 2 aromatic rings. The first-order valence-electron chi connectivity index (χ1n) is 11.2. The average Bonchev–Trinajstić information content (AvgIpc) is 3.23. The normalized spacial score (nSPS) is 16.1. The Balaban J connectivity index is 1.62. The third-order valence-corrected chi connectivity index (χ3v) is 6.80. The lowest BCUT2D eigenvalue weighted by Gasteiger charge is -2.35. The first kappa shape index (κ1) is 23.3. The van der Waals surface area contributed by atoms with E-state index < -0.39 is 5.60 Å². The number of carbonyl (C=O) groups is 2. The van der Waals surface area contributed by atoms with Crippen molar-refractivity contribution in [3.8, 4) is 0 Å². The van der Waals surface area contributed by atoms with Gasteiger partial charge < -0.3 is 15.0 Å². The molecule has 0 unspecified atom stereocenters. The van der Waals surface area contributed by atoms with Crippen molar-refractivity contribution in [2.24, 2.45) is 5.92 Å². The van der Waals surface area contributed by atoms with Gasteiger partial charge in [0.15, 0.2) is 0 Å². The van der Waals surface area contributed by atoms with Crippen LogP contribution in [0.5, 0.6) is 0 Å². The number of hydrogen-bond acceptors (Lipinski definition) is 4. The smallest absolute Gasteiger partial charge is 0.410 e. The number of amides is 2. The Labute approximate surface area is 189 Å². The maximum absolute atomic E-state index is 12.9. The van der Waals surface area contributed by atoms with Crippen LogP contribution in [0.4, 0.5) is 4.79 Å². The largest absolute Gasteiger partial charge is 0.444 e. The standard InChI is InChI=1S/C25H34N2O3S/c1-5-20-11-12-22(31-20)23(28)26-21(19-9-7-6-8-10-19)17-18-13-15-27(16-14-18)24(29)30-25(2,3)4/h6-12,18,21H,5,13-17H2,1-4H3,(H,26,28)/t21-/m0/s1. The lowest BCUT2D eigenvalue weighted by atomic mass is 9.87. The number of likely N-dealkylation sites (tertiary alicyclic amines) is 1. The van der Waals surface area contributed by atoms with E-state index in [0.29, 0.717) is 19.0 Å². The highest BCUT2D eigenvalue weighted by Crippen LogP contribution is 2.30. The summed E-state index contributed by atoms with van der Waals surface area (Å²) in [5.41, 5.74) is 0.647. The molecular formula is C25H34N2O3S. The second-order valence-corrected chi connectivity index (χ2v) is 10.4. The molecule has 0 bridgehead atoms. The van der Waals surface area contributed by atoms with E-state index in [9.17, 15) is 9.59 Å². The molecule has 2 heterocycles. The van der Waals surface area contributed by atoms with Crippen LogP contribution in [-0.2, 0) is 11.2 Å². The predicted octanol–water partition coefficient (Wildman–Crippen LogP) is 5.82. The maximum Gasteiger partial charge on any atom is 0.410 e. The Morgan fingerprint density at radius 1 is 1.13 bits per heavy atom. The number of nitrogens with one attached hydrogen (secondary N) is 1. The van der Waals surface area contributed by atoms with Gasteiger partial charge in [0.25, 0.3) is 5.91 Å². The SMILES string of the molecule is CCc1ccc(C(=O)N[C@@H](CC2CCN(C(=O)OC(C)(C)C)CC2)c2ccccc2)s1. The zero-order valence-corrected chi connectivity index (χ0v) is 19.8. The molecular weight excluding hydrogens is 408 g/mol. The number of nitrogens with zero attached hydrogens (tertiary/aromatic N) is 1. The van der Waals surface area contributed by atoms with Gasteiger partial charge in [-0.1, -0.05) is 37.3 Å². The predicted molar refractivity (Wildman–Crippen MR) is 125 cm³/mol. The fourth-order valence-corrected chi connectivity index (χ4v) is 4.74. The molecule has 1 aliphatic rings. The fraction of sp³-hybridized carbons (Fsp3) is 0.520. The minimum Gasteiger partial charge on any atom is -0.444 e. The van der Waals surface area contributed by atoms with E-state index in [4.69, 9.17) is 4.74 Å². The van der Waals surface area contributed by atoms with E-state index in [1.165, 1.54) is 4.88 Å². The second-order valence-electron chi connectivity index (χ2n) is 9.20. The Kier molecular flexibility index (Phi) is 7.76. The second kappa shape index (κ2) is 10.3. The topological polar surface area (TPSA) is 58.6 Å². The number of carbonyl (C=O) groups excluding carboxylic acids is 2. The van der Waals surface area contributed by atoms with Crippen LogP contribution >= 0.6 is 11.3 Å².